The molecule has 1 amide bonds. The van der Waals surface area contributed by atoms with Crippen molar-refractivity contribution < 1.29 is 4.79 Å². The first-order valence-corrected chi connectivity index (χ1v) is 8.58. The highest BCUT2D eigenvalue weighted by Crippen LogP contribution is 2.31. The quantitative estimate of drug-likeness (QED) is 0.664. The molecule has 1 heterocycles. The topological polar surface area (TPSA) is 57.8 Å². The van der Waals surface area contributed by atoms with Gasteiger partial charge in [-0.15, -0.1) is 0 Å². The highest BCUT2D eigenvalue weighted by molar-refractivity contribution is 6.30. The molecule has 2 aromatic carbocycles. The van der Waals surface area contributed by atoms with E-state index in [1.54, 1.807) is 0 Å². The number of H-pyrrole nitrogens is 1. The van der Waals surface area contributed by atoms with Crippen molar-refractivity contribution in [2.45, 2.75) is 26.2 Å². The number of amides is 1. The predicted molar refractivity (Wildman–Crippen MR) is 102 cm³/mol. The number of rotatable bonds is 5. The third-order valence-electron chi connectivity index (χ3n) is 4.18. The van der Waals surface area contributed by atoms with E-state index in [0.717, 1.165) is 22.4 Å². The van der Waals surface area contributed by atoms with E-state index < -0.39 is 0 Å². The lowest BCUT2D eigenvalue weighted by atomic mass is 9.97. The summed E-state index contributed by atoms with van der Waals surface area (Å²) in [5.41, 5.74) is 3.81. The molecule has 0 aliphatic rings. The van der Waals surface area contributed by atoms with Gasteiger partial charge < -0.3 is 5.32 Å². The minimum absolute atomic E-state index is 0.0638. The largest absolute Gasteiger partial charge is 0.309 e. The van der Waals surface area contributed by atoms with Gasteiger partial charge in [-0.25, -0.2) is 0 Å². The van der Waals surface area contributed by atoms with Gasteiger partial charge in [0.2, 0.25) is 5.91 Å². The zero-order valence-corrected chi connectivity index (χ0v) is 15.0. The summed E-state index contributed by atoms with van der Waals surface area (Å²) >= 11 is 6.09. The molecular formula is C20H20ClN3O. The van der Waals surface area contributed by atoms with Gasteiger partial charge in [-0.2, -0.15) is 5.10 Å². The number of aromatic nitrogens is 2. The first-order chi connectivity index (χ1) is 12.0. The zero-order valence-electron chi connectivity index (χ0n) is 14.2. The lowest BCUT2D eigenvalue weighted by Gasteiger charge is -2.12. The number of anilines is 1. The Labute approximate surface area is 152 Å². The molecule has 0 fully saturated rings. The van der Waals surface area contributed by atoms with E-state index in [0.29, 0.717) is 17.3 Å². The van der Waals surface area contributed by atoms with Crippen LogP contribution in [0.1, 0.15) is 30.5 Å². The number of halogens is 1. The fraction of sp³-hybridized carbons (Fsp3) is 0.200. The molecule has 1 atom stereocenters. The molecule has 0 bridgehead atoms. The van der Waals surface area contributed by atoms with E-state index in [2.05, 4.69) is 15.5 Å². The molecule has 2 N–H and O–H groups in total. The summed E-state index contributed by atoms with van der Waals surface area (Å²) in [6, 6.07) is 17.5. The van der Waals surface area contributed by atoms with Gasteiger partial charge in [0.1, 0.15) is 0 Å². The Morgan fingerprint density at radius 1 is 1.20 bits per heavy atom. The first kappa shape index (κ1) is 17.2. The minimum Gasteiger partial charge on any atom is -0.309 e. The lowest BCUT2D eigenvalue weighted by Crippen LogP contribution is -2.15. The van der Waals surface area contributed by atoms with Crippen molar-refractivity contribution in [2.24, 2.45) is 0 Å². The molecule has 0 spiro atoms. The van der Waals surface area contributed by atoms with Crippen LogP contribution in [-0.4, -0.2) is 16.1 Å². The zero-order chi connectivity index (χ0) is 17.8. The Morgan fingerprint density at radius 2 is 1.96 bits per heavy atom. The lowest BCUT2D eigenvalue weighted by molar-refractivity contribution is -0.116. The Kier molecular flexibility index (Phi) is 5.19. The summed E-state index contributed by atoms with van der Waals surface area (Å²) in [6.45, 7) is 3.97. The molecule has 3 rings (SSSR count). The van der Waals surface area contributed by atoms with E-state index in [1.165, 1.54) is 0 Å². The number of aromatic amines is 1. The van der Waals surface area contributed by atoms with E-state index in [1.807, 2.05) is 68.4 Å². The monoisotopic (exact) mass is 353 g/mol. The Morgan fingerprint density at radius 3 is 2.68 bits per heavy atom. The summed E-state index contributed by atoms with van der Waals surface area (Å²) in [7, 11) is 0. The van der Waals surface area contributed by atoms with Crippen molar-refractivity contribution in [1.82, 2.24) is 10.2 Å². The molecule has 5 heteroatoms. The average Bonchev–Trinajstić information content (AvgIpc) is 2.95. The molecule has 25 heavy (non-hydrogen) atoms. The molecule has 0 unspecified atom stereocenters. The van der Waals surface area contributed by atoms with Crippen molar-refractivity contribution in [3.63, 3.8) is 0 Å². The summed E-state index contributed by atoms with van der Waals surface area (Å²) in [5.74, 6) is 0.604. The second kappa shape index (κ2) is 7.53. The van der Waals surface area contributed by atoms with Crippen molar-refractivity contribution in [2.75, 3.05) is 5.32 Å². The number of benzene rings is 2. The predicted octanol–water partition coefficient (Wildman–Crippen LogP) is 5.17. The van der Waals surface area contributed by atoms with Crippen molar-refractivity contribution >= 4 is 23.3 Å². The summed E-state index contributed by atoms with van der Waals surface area (Å²) in [6.07, 6.45) is 0.394. The van der Waals surface area contributed by atoms with Crippen LogP contribution >= 0.6 is 11.6 Å². The molecule has 1 aromatic heterocycles. The molecule has 0 radical (unpaired) electrons. The number of hydrogen-bond donors (Lipinski definition) is 2. The maximum atomic E-state index is 12.5. The second-order valence-corrected chi connectivity index (χ2v) is 6.58. The molecular weight excluding hydrogens is 334 g/mol. The average molecular weight is 354 g/mol. The van der Waals surface area contributed by atoms with Gasteiger partial charge in [0.05, 0.1) is 0 Å². The number of nitrogens with one attached hydrogen (secondary N) is 2. The fourth-order valence-electron chi connectivity index (χ4n) is 2.88. The van der Waals surface area contributed by atoms with Crippen LogP contribution in [-0.2, 0) is 4.79 Å². The van der Waals surface area contributed by atoms with Crippen LogP contribution in [0.4, 0.5) is 5.82 Å². The Bertz CT molecular complexity index is 874. The maximum absolute atomic E-state index is 12.5. The molecule has 4 nitrogen and oxygen atoms in total. The minimum atomic E-state index is -0.0638. The Balaban J connectivity index is 1.76. The number of nitrogens with zero attached hydrogens (tertiary/aromatic N) is 1. The SMILES string of the molecule is Cc1[nH]nc(NC(=O)C[C@@H](C)c2ccccc2)c1-c1cccc(Cl)c1. The third-order valence-corrected chi connectivity index (χ3v) is 4.41. The van der Waals surface area contributed by atoms with Gasteiger partial charge in [0, 0.05) is 22.7 Å². The van der Waals surface area contributed by atoms with Crippen molar-refractivity contribution in [1.29, 1.82) is 0 Å². The molecule has 3 aromatic rings. The van der Waals surface area contributed by atoms with Gasteiger partial charge in [0.15, 0.2) is 5.82 Å². The normalized spacial score (nSPS) is 12.0. The van der Waals surface area contributed by atoms with Crippen LogP contribution in [0.3, 0.4) is 0 Å². The molecule has 0 saturated heterocycles. The summed E-state index contributed by atoms with van der Waals surface area (Å²) < 4.78 is 0. The van der Waals surface area contributed by atoms with E-state index >= 15 is 0 Å². The molecule has 128 valence electrons. The van der Waals surface area contributed by atoms with Crippen LogP contribution in [0, 0.1) is 6.92 Å². The third kappa shape index (κ3) is 4.09. The summed E-state index contributed by atoms with van der Waals surface area (Å²) in [4.78, 5) is 12.5. The van der Waals surface area contributed by atoms with E-state index in [-0.39, 0.29) is 11.8 Å². The first-order valence-electron chi connectivity index (χ1n) is 8.20. The van der Waals surface area contributed by atoms with Gasteiger partial charge in [-0.3, -0.25) is 9.89 Å². The molecule has 0 saturated carbocycles. The van der Waals surface area contributed by atoms with Crippen LogP contribution in [0.5, 0.6) is 0 Å². The van der Waals surface area contributed by atoms with Gasteiger partial charge in [-0.05, 0) is 36.1 Å². The standard InChI is InChI=1S/C20H20ClN3O/c1-13(15-7-4-3-5-8-15)11-18(25)22-20-19(14(2)23-24-20)16-9-6-10-17(21)12-16/h3-10,12-13H,11H2,1-2H3,(H2,22,23,24,25)/t13-/m1/s1. The second-order valence-electron chi connectivity index (χ2n) is 6.15. The highest BCUT2D eigenvalue weighted by Gasteiger charge is 2.17. The van der Waals surface area contributed by atoms with Gasteiger partial charge >= 0.3 is 0 Å². The van der Waals surface area contributed by atoms with Crippen LogP contribution in [0.2, 0.25) is 5.02 Å². The smallest absolute Gasteiger partial charge is 0.226 e. The maximum Gasteiger partial charge on any atom is 0.226 e. The fourth-order valence-corrected chi connectivity index (χ4v) is 3.07. The number of hydrogen-bond acceptors (Lipinski definition) is 2. The number of carbonyl (C=O) groups excluding carboxylic acids is 1. The van der Waals surface area contributed by atoms with Crippen LogP contribution in [0.15, 0.2) is 54.6 Å². The van der Waals surface area contributed by atoms with Gasteiger partial charge in [-0.1, -0.05) is 61.0 Å². The van der Waals surface area contributed by atoms with Crippen LogP contribution < -0.4 is 5.32 Å². The highest BCUT2D eigenvalue weighted by atomic mass is 35.5. The molecule has 0 aliphatic heterocycles. The number of carbonyl (C=O) groups is 1. The van der Waals surface area contributed by atoms with Crippen molar-refractivity contribution in [3.8, 4) is 11.1 Å². The molecule has 0 aliphatic carbocycles. The van der Waals surface area contributed by atoms with Crippen LogP contribution in [0.25, 0.3) is 11.1 Å². The van der Waals surface area contributed by atoms with E-state index in [9.17, 15) is 4.79 Å². The summed E-state index contributed by atoms with van der Waals surface area (Å²) in [5, 5.41) is 10.8. The van der Waals surface area contributed by atoms with E-state index in [4.69, 9.17) is 11.6 Å². The van der Waals surface area contributed by atoms with Crippen molar-refractivity contribution in [3.05, 3.63) is 70.9 Å². The number of aryl methyl sites for hydroxylation is 1. The Hall–Kier alpha value is -2.59. The van der Waals surface area contributed by atoms with Gasteiger partial charge in [0.25, 0.3) is 0 Å².